The molecule has 1 spiro atoms. The molecule has 0 saturated heterocycles. The molecule has 34 heavy (non-hydrogen) atoms. The number of carbonyl (C=O) groups excluding carboxylic acids is 2. The van der Waals surface area contributed by atoms with E-state index in [4.69, 9.17) is 14.2 Å². The van der Waals surface area contributed by atoms with E-state index in [2.05, 4.69) is 19.9 Å². The summed E-state index contributed by atoms with van der Waals surface area (Å²) in [5.41, 5.74) is 3.14. The Labute approximate surface area is 199 Å². The van der Waals surface area contributed by atoms with E-state index in [1.807, 2.05) is 43.3 Å². The third-order valence-electron chi connectivity index (χ3n) is 6.45. The summed E-state index contributed by atoms with van der Waals surface area (Å²) < 4.78 is 18.1. The first kappa shape index (κ1) is 22.2. The molecule has 0 aromatic heterocycles. The molecule has 174 valence electrons. The number of benzene rings is 3. The highest BCUT2D eigenvalue weighted by atomic mass is 16.6. The topological polar surface area (TPSA) is 61.8 Å². The van der Waals surface area contributed by atoms with Crippen molar-refractivity contribution in [3.05, 3.63) is 88.0 Å². The molecule has 3 aromatic rings. The number of hydrogen-bond donors (Lipinski definition) is 0. The number of carbonyl (C=O) groups is 2. The quantitative estimate of drug-likeness (QED) is 0.320. The number of aryl methyl sites for hydroxylation is 1. The molecule has 1 unspecified atom stereocenters. The van der Waals surface area contributed by atoms with Crippen molar-refractivity contribution in [2.75, 3.05) is 0 Å². The smallest absolute Gasteiger partial charge is 0.340 e. The molecule has 5 nitrogen and oxygen atoms in total. The van der Waals surface area contributed by atoms with E-state index in [-0.39, 0.29) is 17.9 Å². The zero-order valence-corrected chi connectivity index (χ0v) is 20.3. The van der Waals surface area contributed by atoms with Gasteiger partial charge in [0.1, 0.15) is 17.2 Å². The highest BCUT2D eigenvalue weighted by Crippen LogP contribution is 2.56. The summed E-state index contributed by atoms with van der Waals surface area (Å²) in [5, 5.41) is 0. The summed E-state index contributed by atoms with van der Waals surface area (Å²) in [6.07, 6.45) is 0. The zero-order valence-electron chi connectivity index (χ0n) is 20.3. The van der Waals surface area contributed by atoms with Crippen LogP contribution in [0.2, 0.25) is 0 Å². The lowest BCUT2D eigenvalue weighted by molar-refractivity contribution is -0.143. The second-order valence-electron chi connectivity index (χ2n) is 10.4. The van der Waals surface area contributed by atoms with Gasteiger partial charge in [-0.25, -0.2) is 4.79 Å². The maximum absolute atomic E-state index is 13.2. The number of rotatable bonds is 2. The lowest BCUT2D eigenvalue weighted by atomic mass is 9.77. The van der Waals surface area contributed by atoms with Crippen LogP contribution in [0.3, 0.4) is 0 Å². The second-order valence-corrected chi connectivity index (χ2v) is 10.4. The van der Waals surface area contributed by atoms with Crippen LogP contribution in [0.25, 0.3) is 0 Å². The van der Waals surface area contributed by atoms with Crippen LogP contribution in [0, 0.1) is 12.3 Å². The van der Waals surface area contributed by atoms with E-state index < -0.39 is 11.0 Å². The molecule has 0 fully saturated rings. The van der Waals surface area contributed by atoms with Gasteiger partial charge in [-0.15, -0.1) is 0 Å². The SMILES string of the molecule is Cc1ccc2c(c1)Oc1cc(OC(=O)C(C)(C)C)ccc1C21OC(=O)c2cc(C(C)C)ccc21. The molecule has 0 bridgehead atoms. The normalized spacial score (nSPS) is 18.1. The summed E-state index contributed by atoms with van der Waals surface area (Å²) in [6.45, 7) is 11.6. The molecule has 2 aliphatic heterocycles. The van der Waals surface area contributed by atoms with Gasteiger partial charge in [-0.2, -0.15) is 0 Å². The predicted molar refractivity (Wildman–Crippen MR) is 129 cm³/mol. The molecule has 3 aromatic carbocycles. The number of fused-ring (bicyclic) bond motifs is 6. The third kappa shape index (κ3) is 3.30. The van der Waals surface area contributed by atoms with Crippen LogP contribution in [0.15, 0.2) is 54.6 Å². The molecule has 0 radical (unpaired) electrons. The first-order valence-electron chi connectivity index (χ1n) is 11.5. The van der Waals surface area contributed by atoms with Gasteiger partial charge >= 0.3 is 11.9 Å². The van der Waals surface area contributed by atoms with Crippen molar-refractivity contribution in [1.82, 2.24) is 0 Å². The second kappa shape index (κ2) is 7.45. The molecule has 5 heteroatoms. The summed E-state index contributed by atoms with van der Waals surface area (Å²) >= 11 is 0. The van der Waals surface area contributed by atoms with Crippen molar-refractivity contribution in [2.45, 2.75) is 53.1 Å². The van der Waals surface area contributed by atoms with Crippen LogP contribution >= 0.6 is 0 Å². The molecule has 5 rings (SSSR count). The van der Waals surface area contributed by atoms with Crippen molar-refractivity contribution in [1.29, 1.82) is 0 Å². The fourth-order valence-electron chi connectivity index (χ4n) is 4.52. The first-order chi connectivity index (χ1) is 16.0. The zero-order chi connectivity index (χ0) is 24.4. The van der Waals surface area contributed by atoms with Crippen LogP contribution in [0.4, 0.5) is 0 Å². The van der Waals surface area contributed by atoms with Crippen LogP contribution in [0.5, 0.6) is 17.2 Å². The van der Waals surface area contributed by atoms with Gasteiger partial charge in [-0.1, -0.05) is 38.1 Å². The largest absolute Gasteiger partial charge is 0.456 e. The third-order valence-corrected chi connectivity index (χ3v) is 6.45. The van der Waals surface area contributed by atoms with E-state index >= 15 is 0 Å². The van der Waals surface area contributed by atoms with Gasteiger partial charge in [0.05, 0.1) is 11.0 Å². The number of esters is 2. The maximum Gasteiger partial charge on any atom is 0.340 e. The van der Waals surface area contributed by atoms with Crippen LogP contribution in [-0.4, -0.2) is 11.9 Å². The van der Waals surface area contributed by atoms with Crippen LogP contribution in [0.1, 0.15) is 78.7 Å². The Hall–Kier alpha value is -3.60. The Bertz CT molecular complexity index is 1350. The maximum atomic E-state index is 13.2. The Morgan fingerprint density at radius 1 is 0.912 bits per heavy atom. The minimum atomic E-state index is -1.13. The van der Waals surface area contributed by atoms with E-state index in [0.29, 0.717) is 28.4 Å². The number of ether oxygens (including phenoxy) is 3. The van der Waals surface area contributed by atoms with Crippen molar-refractivity contribution >= 4 is 11.9 Å². The minimum absolute atomic E-state index is 0.284. The molecule has 2 aliphatic rings. The average Bonchev–Trinajstić information content (AvgIpc) is 3.05. The predicted octanol–water partition coefficient (Wildman–Crippen LogP) is 6.64. The molecule has 0 saturated carbocycles. The standard InChI is InChI=1S/C29H28O5/c1-16(2)18-8-11-21-20(14-18)26(30)34-29(21)22-10-7-17(3)13-24(22)33-25-15-19(9-12-23(25)29)32-27(31)28(4,5)6/h7-16H,1-6H3. The molecular formula is C29H28O5. The van der Waals surface area contributed by atoms with Gasteiger partial charge in [-0.3, -0.25) is 4.79 Å². The average molecular weight is 457 g/mol. The van der Waals surface area contributed by atoms with Crippen LogP contribution < -0.4 is 9.47 Å². The fraction of sp³-hybridized carbons (Fsp3) is 0.310. The number of hydrogen-bond acceptors (Lipinski definition) is 5. The Morgan fingerprint density at radius 2 is 1.56 bits per heavy atom. The summed E-state index contributed by atoms with van der Waals surface area (Å²) in [6, 6.07) is 17.1. The monoisotopic (exact) mass is 456 g/mol. The summed E-state index contributed by atoms with van der Waals surface area (Å²) in [4.78, 5) is 25.6. The van der Waals surface area contributed by atoms with Crippen molar-refractivity contribution in [3.8, 4) is 17.2 Å². The Morgan fingerprint density at radius 3 is 2.24 bits per heavy atom. The van der Waals surface area contributed by atoms with Gasteiger partial charge in [0, 0.05) is 22.8 Å². The molecule has 0 N–H and O–H groups in total. The highest BCUT2D eigenvalue weighted by molar-refractivity contribution is 5.97. The van der Waals surface area contributed by atoms with E-state index in [9.17, 15) is 9.59 Å². The minimum Gasteiger partial charge on any atom is -0.456 e. The van der Waals surface area contributed by atoms with Gasteiger partial charge in [0.25, 0.3) is 0 Å². The molecular weight excluding hydrogens is 428 g/mol. The summed E-state index contributed by atoms with van der Waals surface area (Å²) in [5.74, 6) is 1.07. The van der Waals surface area contributed by atoms with Crippen molar-refractivity contribution in [2.24, 2.45) is 5.41 Å². The van der Waals surface area contributed by atoms with Crippen molar-refractivity contribution in [3.63, 3.8) is 0 Å². The van der Waals surface area contributed by atoms with Crippen LogP contribution in [-0.2, 0) is 15.1 Å². The molecule has 0 aliphatic carbocycles. The first-order valence-corrected chi connectivity index (χ1v) is 11.5. The Kier molecular flexibility index (Phi) is 4.87. The van der Waals surface area contributed by atoms with Gasteiger partial charge in [0.15, 0.2) is 5.60 Å². The van der Waals surface area contributed by atoms with E-state index in [1.54, 1.807) is 32.9 Å². The van der Waals surface area contributed by atoms with E-state index in [0.717, 1.165) is 22.3 Å². The van der Waals surface area contributed by atoms with E-state index in [1.165, 1.54) is 0 Å². The van der Waals surface area contributed by atoms with Gasteiger partial charge in [-0.05, 0) is 69.0 Å². The van der Waals surface area contributed by atoms with Gasteiger partial charge < -0.3 is 14.2 Å². The lowest BCUT2D eigenvalue weighted by Gasteiger charge is -2.36. The molecule has 0 amide bonds. The highest BCUT2D eigenvalue weighted by Gasteiger charge is 2.53. The Balaban J connectivity index is 1.71. The van der Waals surface area contributed by atoms with Crippen molar-refractivity contribution < 1.29 is 23.8 Å². The summed E-state index contributed by atoms with van der Waals surface area (Å²) in [7, 11) is 0. The molecule has 1 atom stereocenters. The fourth-order valence-corrected chi connectivity index (χ4v) is 4.52. The molecule has 2 heterocycles. The lowest BCUT2D eigenvalue weighted by Crippen LogP contribution is -2.33. The van der Waals surface area contributed by atoms with Gasteiger partial charge in [0.2, 0.25) is 0 Å².